The summed E-state index contributed by atoms with van der Waals surface area (Å²) in [6, 6.07) is 13.7. The molecule has 7 heteroatoms. The van der Waals surface area contributed by atoms with Crippen molar-refractivity contribution in [3.63, 3.8) is 0 Å². The Morgan fingerprint density at radius 3 is 2.38 bits per heavy atom. The number of aryl methyl sites for hydroxylation is 1. The van der Waals surface area contributed by atoms with Gasteiger partial charge in [0, 0.05) is 5.39 Å². The second-order valence-corrected chi connectivity index (χ2v) is 7.13. The summed E-state index contributed by atoms with van der Waals surface area (Å²) in [7, 11) is 0. The molecule has 29 heavy (non-hydrogen) atoms. The second-order valence-electron chi connectivity index (χ2n) is 7.13. The Bertz CT molecular complexity index is 1090. The lowest BCUT2D eigenvalue weighted by atomic mass is 10.0. The maximum atomic E-state index is 13.0. The van der Waals surface area contributed by atoms with Gasteiger partial charge in [-0.15, -0.1) is 0 Å². The first-order valence-corrected chi connectivity index (χ1v) is 9.39. The third-order valence-corrected chi connectivity index (χ3v) is 4.43. The minimum absolute atomic E-state index is 0.0196. The van der Waals surface area contributed by atoms with Gasteiger partial charge in [0.15, 0.2) is 5.69 Å². The van der Waals surface area contributed by atoms with E-state index in [2.05, 4.69) is 15.5 Å². The molecule has 0 bridgehead atoms. The smallest absolute Gasteiger partial charge is 0.308 e. The molecule has 0 aliphatic rings. The predicted octanol–water partition coefficient (Wildman–Crippen LogP) is 3.04. The minimum Gasteiger partial charge on any atom is -0.463 e. The lowest BCUT2D eigenvalue weighted by Gasteiger charge is -2.20. The number of rotatable bonds is 6. The van der Waals surface area contributed by atoms with E-state index in [9.17, 15) is 14.4 Å². The number of fused-ring (bicyclic) bond motifs is 1. The summed E-state index contributed by atoms with van der Waals surface area (Å²) in [5.41, 5.74) is 1.57. The van der Waals surface area contributed by atoms with Gasteiger partial charge in [-0.3, -0.25) is 14.4 Å². The van der Waals surface area contributed by atoms with Crippen LogP contribution in [0.15, 0.2) is 53.3 Å². The van der Waals surface area contributed by atoms with Crippen molar-refractivity contribution in [3.8, 4) is 0 Å². The van der Waals surface area contributed by atoms with E-state index in [4.69, 9.17) is 4.74 Å². The van der Waals surface area contributed by atoms with Crippen LogP contribution in [0.1, 0.15) is 47.9 Å². The van der Waals surface area contributed by atoms with Gasteiger partial charge in [0.1, 0.15) is 0 Å². The molecule has 2 aromatic carbocycles. The molecule has 150 valence electrons. The zero-order valence-corrected chi connectivity index (χ0v) is 16.6. The molecule has 3 aromatic rings. The molecule has 1 aromatic heterocycles. The molecule has 1 atom stereocenters. The van der Waals surface area contributed by atoms with Crippen LogP contribution >= 0.6 is 0 Å². The molecule has 0 unspecified atom stereocenters. The Kier molecular flexibility index (Phi) is 6.07. The molecule has 0 spiro atoms. The number of benzene rings is 2. The topological polar surface area (TPSA) is 101 Å². The van der Waals surface area contributed by atoms with E-state index in [1.54, 1.807) is 38.1 Å². The monoisotopic (exact) mass is 393 g/mol. The average Bonchev–Trinajstić information content (AvgIpc) is 2.68. The second kappa shape index (κ2) is 8.68. The summed E-state index contributed by atoms with van der Waals surface area (Å²) >= 11 is 0. The van der Waals surface area contributed by atoms with Gasteiger partial charge in [-0.05, 0) is 32.4 Å². The number of nitrogens with zero attached hydrogens (tertiary/aromatic N) is 1. The fraction of sp³-hybridized carbons (Fsp3) is 0.273. The third-order valence-electron chi connectivity index (χ3n) is 4.43. The van der Waals surface area contributed by atoms with Crippen LogP contribution in [0.3, 0.4) is 0 Å². The highest BCUT2D eigenvalue weighted by molar-refractivity contribution is 6.04. The van der Waals surface area contributed by atoms with E-state index in [0.29, 0.717) is 10.8 Å². The van der Waals surface area contributed by atoms with Crippen molar-refractivity contribution in [1.29, 1.82) is 0 Å². The molecule has 2 N–H and O–H groups in total. The van der Waals surface area contributed by atoms with Gasteiger partial charge in [0.05, 0.1) is 24.0 Å². The van der Waals surface area contributed by atoms with Crippen molar-refractivity contribution in [1.82, 2.24) is 15.5 Å². The number of hydrogen-bond donors (Lipinski definition) is 2. The Balaban J connectivity index is 1.92. The fourth-order valence-corrected chi connectivity index (χ4v) is 3.04. The largest absolute Gasteiger partial charge is 0.463 e. The van der Waals surface area contributed by atoms with E-state index in [-0.39, 0.29) is 23.8 Å². The molecular formula is C22H23N3O4. The Morgan fingerprint density at radius 1 is 1.07 bits per heavy atom. The molecule has 1 amide bonds. The fourth-order valence-electron chi connectivity index (χ4n) is 3.04. The van der Waals surface area contributed by atoms with E-state index in [0.717, 1.165) is 11.1 Å². The number of amides is 1. The molecule has 0 saturated carbocycles. The highest BCUT2D eigenvalue weighted by Crippen LogP contribution is 2.20. The number of aromatic amines is 1. The van der Waals surface area contributed by atoms with Crippen molar-refractivity contribution in [3.05, 3.63) is 75.7 Å². The Morgan fingerprint density at radius 2 is 1.72 bits per heavy atom. The normalized spacial score (nSPS) is 12.0. The van der Waals surface area contributed by atoms with Gasteiger partial charge < -0.3 is 10.1 Å². The van der Waals surface area contributed by atoms with Crippen LogP contribution in [0.25, 0.3) is 10.8 Å². The highest BCUT2D eigenvalue weighted by Gasteiger charge is 2.23. The number of carbonyl (C=O) groups excluding carboxylic acids is 2. The van der Waals surface area contributed by atoms with Crippen molar-refractivity contribution < 1.29 is 14.3 Å². The molecule has 0 saturated heterocycles. The number of H-pyrrole nitrogens is 1. The molecule has 3 rings (SSSR count). The lowest BCUT2D eigenvalue weighted by molar-refractivity contribution is -0.147. The van der Waals surface area contributed by atoms with Crippen LogP contribution < -0.4 is 10.9 Å². The van der Waals surface area contributed by atoms with Crippen LogP contribution in [0.5, 0.6) is 0 Å². The summed E-state index contributed by atoms with van der Waals surface area (Å²) in [4.78, 5) is 37.2. The summed E-state index contributed by atoms with van der Waals surface area (Å²) in [6.07, 6.45) is -0.268. The van der Waals surface area contributed by atoms with Gasteiger partial charge in [0.2, 0.25) is 0 Å². The van der Waals surface area contributed by atoms with Gasteiger partial charge in [0.25, 0.3) is 11.5 Å². The quantitative estimate of drug-likeness (QED) is 0.627. The summed E-state index contributed by atoms with van der Waals surface area (Å²) < 4.78 is 5.25. The van der Waals surface area contributed by atoms with Gasteiger partial charge in [-0.25, -0.2) is 5.10 Å². The van der Waals surface area contributed by atoms with E-state index >= 15 is 0 Å². The molecule has 0 aliphatic carbocycles. The molecule has 7 nitrogen and oxygen atoms in total. The van der Waals surface area contributed by atoms with Crippen molar-refractivity contribution in [2.45, 2.75) is 39.3 Å². The van der Waals surface area contributed by atoms with Gasteiger partial charge in [-0.1, -0.05) is 48.0 Å². The highest BCUT2D eigenvalue weighted by atomic mass is 16.5. The molecule has 0 aliphatic heterocycles. The maximum Gasteiger partial charge on any atom is 0.308 e. The maximum absolute atomic E-state index is 13.0. The molecular weight excluding hydrogens is 370 g/mol. The minimum atomic E-state index is -0.596. The Labute approximate surface area is 168 Å². The van der Waals surface area contributed by atoms with Crippen molar-refractivity contribution in [2.75, 3.05) is 0 Å². The third kappa shape index (κ3) is 4.87. The first-order valence-electron chi connectivity index (χ1n) is 9.39. The molecule has 1 heterocycles. The number of ether oxygens (including phenoxy) is 1. The van der Waals surface area contributed by atoms with Crippen LogP contribution in [0.4, 0.5) is 0 Å². The van der Waals surface area contributed by atoms with Gasteiger partial charge >= 0.3 is 5.97 Å². The molecule has 0 fully saturated rings. The van der Waals surface area contributed by atoms with Crippen molar-refractivity contribution >= 4 is 22.6 Å². The first kappa shape index (κ1) is 20.3. The van der Waals surface area contributed by atoms with E-state index in [1.165, 1.54) is 0 Å². The summed E-state index contributed by atoms with van der Waals surface area (Å²) in [5, 5.41) is 9.96. The predicted molar refractivity (Wildman–Crippen MR) is 110 cm³/mol. The van der Waals surface area contributed by atoms with Gasteiger partial charge in [-0.2, -0.15) is 5.10 Å². The number of nitrogens with one attached hydrogen (secondary N) is 2. The average molecular weight is 393 g/mol. The SMILES string of the molecule is Cc1ccc([C@H](CC(=O)OC(C)C)NC(=O)c2n[nH]c(=O)c3ccccc23)cc1. The summed E-state index contributed by atoms with van der Waals surface area (Å²) in [6.45, 7) is 5.50. The standard InChI is InChI=1S/C22H23N3O4/c1-13(2)29-19(26)12-18(15-10-8-14(3)9-11-15)23-22(28)20-16-6-4-5-7-17(16)21(27)25-24-20/h4-11,13,18H,12H2,1-3H3,(H,23,28)(H,25,27)/t18-/m0/s1. The zero-order valence-electron chi connectivity index (χ0n) is 16.6. The number of aromatic nitrogens is 2. The zero-order chi connectivity index (χ0) is 21.0. The van der Waals surface area contributed by atoms with E-state index in [1.807, 2.05) is 31.2 Å². The van der Waals surface area contributed by atoms with Crippen LogP contribution in [-0.2, 0) is 9.53 Å². The van der Waals surface area contributed by atoms with Crippen molar-refractivity contribution in [2.24, 2.45) is 0 Å². The van der Waals surface area contributed by atoms with E-state index < -0.39 is 17.9 Å². The van der Waals surface area contributed by atoms with Crippen LogP contribution in [-0.4, -0.2) is 28.2 Å². The molecule has 0 radical (unpaired) electrons. The Hall–Kier alpha value is -3.48. The number of esters is 1. The lowest BCUT2D eigenvalue weighted by Crippen LogP contribution is -2.32. The number of carbonyl (C=O) groups is 2. The van der Waals surface area contributed by atoms with Crippen LogP contribution in [0, 0.1) is 6.92 Å². The number of hydrogen-bond acceptors (Lipinski definition) is 5. The summed E-state index contributed by atoms with van der Waals surface area (Å²) in [5.74, 6) is -0.898. The van der Waals surface area contributed by atoms with Crippen LogP contribution in [0.2, 0.25) is 0 Å². The first-order chi connectivity index (χ1) is 13.8.